The zero-order valence-corrected chi connectivity index (χ0v) is 7.80. The van der Waals surface area contributed by atoms with E-state index in [9.17, 15) is 4.79 Å². The maximum Gasteiger partial charge on any atom is 0.414 e. The Morgan fingerprint density at radius 1 is 1.50 bits per heavy atom. The molecule has 1 aromatic rings. The lowest BCUT2D eigenvalue weighted by Gasteiger charge is -2.23. The molecule has 0 aliphatic carbocycles. The highest BCUT2D eigenvalue weighted by atomic mass is 16.5. The number of fused-ring (bicyclic) bond motifs is 1. The fraction of sp³-hybridized carbons (Fsp3) is 0.200. The van der Waals surface area contributed by atoms with Crippen LogP contribution in [0.3, 0.4) is 0 Å². The summed E-state index contributed by atoms with van der Waals surface area (Å²) in [5.74, 6) is 0. The summed E-state index contributed by atoms with van der Waals surface area (Å²) in [5.41, 5.74) is 1.59. The maximum absolute atomic E-state index is 11.4. The van der Waals surface area contributed by atoms with E-state index in [2.05, 4.69) is 9.73 Å². The van der Waals surface area contributed by atoms with Gasteiger partial charge in [-0.2, -0.15) is 0 Å². The van der Waals surface area contributed by atoms with E-state index in [0.717, 1.165) is 11.4 Å². The molecule has 0 atom stereocenters. The third-order valence-corrected chi connectivity index (χ3v) is 2.06. The molecule has 0 unspecified atom stereocenters. The first kappa shape index (κ1) is 8.74. The SMILES string of the molecule is COC(=O)N1CC=Nc2ccccc21. The van der Waals surface area contributed by atoms with Crippen molar-refractivity contribution < 1.29 is 9.53 Å². The number of benzene rings is 1. The summed E-state index contributed by atoms with van der Waals surface area (Å²) in [7, 11) is 1.37. The van der Waals surface area contributed by atoms with E-state index < -0.39 is 0 Å². The number of amides is 1. The number of rotatable bonds is 0. The van der Waals surface area contributed by atoms with Gasteiger partial charge in [0.05, 0.1) is 25.0 Å². The Balaban J connectivity index is 2.40. The molecule has 0 bridgehead atoms. The van der Waals surface area contributed by atoms with Crippen LogP contribution in [-0.4, -0.2) is 26.0 Å². The fourth-order valence-electron chi connectivity index (χ4n) is 1.40. The zero-order chi connectivity index (χ0) is 9.97. The van der Waals surface area contributed by atoms with Gasteiger partial charge in [-0.1, -0.05) is 12.1 Å². The molecule has 14 heavy (non-hydrogen) atoms. The first-order valence-electron chi connectivity index (χ1n) is 4.30. The molecule has 1 aliphatic rings. The number of carbonyl (C=O) groups excluding carboxylic acids is 1. The Morgan fingerprint density at radius 2 is 2.29 bits per heavy atom. The Labute approximate surface area is 81.8 Å². The van der Waals surface area contributed by atoms with Crippen molar-refractivity contribution in [3.63, 3.8) is 0 Å². The van der Waals surface area contributed by atoms with Crippen molar-refractivity contribution in [2.24, 2.45) is 4.99 Å². The largest absolute Gasteiger partial charge is 0.452 e. The molecule has 4 heteroatoms. The van der Waals surface area contributed by atoms with Gasteiger partial charge < -0.3 is 4.74 Å². The van der Waals surface area contributed by atoms with Gasteiger partial charge in [0.25, 0.3) is 0 Å². The van der Waals surface area contributed by atoms with E-state index in [0.29, 0.717) is 6.54 Å². The summed E-state index contributed by atoms with van der Waals surface area (Å²) in [6.07, 6.45) is 1.34. The number of methoxy groups -OCH3 is 1. The molecule has 0 N–H and O–H groups in total. The molecule has 2 rings (SSSR count). The Morgan fingerprint density at radius 3 is 3.07 bits per heavy atom. The molecular weight excluding hydrogens is 180 g/mol. The van der Waals surface area contributed by atoms with Crippen molar-refractivity contribution in [2.45, 2.75) is 0 Å². The van der Waals surface area contributed by atoms with Crippen LogP contribution in [0.15, 0.2) is 29.3 Å². The topological polar surface area (TPSA) is 41.9 Å². The van der Waals surface area contributed by atoms with E-state index >= 15 is 0 Å². The van der Waals surface area contributed by atoms with Gasteiger partial charge in [0, 0.05) is 6.21 Å². The number of nitrogens with zero attached hydrogens (tertiary/aromatic N) is 2. The van der Waals surface area contributed by atoms with Crippen molar-refractivity contribution in [3.8, 4) is 0 Å². The first-order chi connectivity index (χ1) is 6.83. The predicted molar refractivity (Wildman–Crippen MR) is 54.3 cm³/mol. The number of hydrogen-bond donors (Lipinski definition) is 0. The van der Waals surface area contributed by atoms with Gasteiger partial charge in [0.2, 0.25) is 0 Å². The first-order valence-corrected chi connectivity index (χ1v) is 4.30. The average molecular weight is 190 g/mol. The highest BCUT2D eigenvalue weighted by Gasteiger charge is 2.20. The average Bonchev–Trinajstić information content (AvgIpc) is 2.27. The van der Waals surface area contributed by atoms with Crippen molar-refractivity contribution in [1.82, 2.24) is 0 Å². The maximum atomic E-state index is 11.4. The van der Waals surface area contributed by atoms with Gasteiger partial charge in [0.1, 0.15) is 0 Å². The monoisotopic (exact) mass is 190 g/mol. The van der Waals surface area contributed by atoms with Gasteiger partial charge in [-0.25, -0.2) is 4.79 Å². The van der Waals surface area contributed by atoms with E-state index in [4.69, 9.17) is 0 Å². The van der Waals surface area contributed by atoms with Gasteiger partial charge in [-0.05, 0) is 12.1 Å². The van der Waals surface area contributed by atoms with Crippen LogP contribution in [-0.2, 0) is 4.74 Å². The third kappa shape index (κ3) is 1.35. The molecule has 0 saturated heterocycles. The number of aliphatic imine (C=N–C) groups is 1. The highest BCUT2D eigenvalue weighted by molar-refractivity contribution is 5.97. The second kappa shape index (κ2) is 3.49. The lowest BCUT2D eigenvalue weighted by atomic mass is 10.2. The smallest absolute Gasteiger partial charge is 0.414 e. The van der Waals surface area contributed by atoms with Crippen LogP contribution in [0.1, 0.15) is 0 Å². The molecule has 1 aromatic carbocycles. The summed E-state index contributed by atoms with van der Waals surface area (Å²) in [6, 6.07) is 7.47. The summed E-state index contributed by atoms with van der Waals surface area (Å²) in [6.45, 7) is 0.462. The van der Waals surface area contributed by atoms with E-state index in [-0.39, 0.29) is 6.09 Å². The number of ether oxygens (including phenoxy) is 1. The fourth-order valence-corrected chi connectivity index (χ4v) is 1.40. The van der Waals surface area contributed by atoms with Crippen LogP contribution in [0, 0.1) is 0 Å². The minimum atomic E-state index is -0.358. The summed E-state index contributed by atoms with van der Waals surface area (Å²) >= 11 is 0. The quantitative estimate of drug-likeness (QED) is 0.627. The minimum Gasteiger partial charge on any atom is -0.452 e. The third-order valence-electron chi connectivity index (χ3n) is 2.06. The van der Waals surface area contributed by atoms with Gasteiger partial charge in [-0.3, -0.25) is 9.89 Å². The molecule has 1 amide bonds. The summed E-state index contributed by atoms with van der Waals surface area (Å²) in [4.78, 5) is 17.1. The highest BCUT2D eigenvalue weighted by Crippen LogP contribution is 2.30. The van der Waals surface area contributed by atoms with Crippen molar-refractivity contribution in [3.05, 3.63) is 24.3 Å². The molecule has 0 fully saturated rings. The molecular formula is C10H10N2O2. The van der Waals surface area contributed by atoms with Crippen molar-refractivity contribution in [1.29, 1.82) is 0 Å². The minimum absolute atomic E-state index is 0.358. The standard InChI is InChI=1S/C10H10N2O2/c1-14-10(13)12-7-6-11-8-4-2-3-5-9(8)12/h2-6H,7H2,1H3. The second-order valence-electron chi connectivity index (χ2n) is 2.88. The predicted octanol–water partition coefficient (Wildman–Crippen LogP) is 1.98. The van der Waals surface area contributed by atoms with Crippen LogP contribution in [0.5, 0.6) is 0 Å². The zero-order valence-electron chi connectivity index (χ0n) is 7.80. The molecule has 0 radical (unpaired) electrons. The molecule has 4 nitrogen and oxygen atoms in total. The Hall–Kier alpha value is -1.84. The van der Waals surface area contributed by atoms with Crippen molar-refractivity contribution in [2.75, 3.05) is 18.6 Å². The number of carbonyl (C=O) groups is 1. The van der Waals surface area contributed by atoms with Crippen LogP contribution < -0.4 is 4.90 Å². The second-order valence-corrected chi connectivity index (χ2v) is 2.88. The number of hydrogen-bond acceptors (Lipinski definition) is 3. The van der Waals surface area contributed by atoms with E-state index in [1.54, 1.807) is 11.1 Å². The molecule has 0 saturated carbocycles. The summed E-state index contributed by atoms with van der Waals surface area (Å²) in [5, 5.41) is 0. The lowest BCUT2D eigenvalue weighted by molar-refractivity contribution is 0.179. The lowest BCUT2D eigenvalue weighted by Crippen LogP contribution is -2.33. The van der Waals surface area contributed by atoms with Gasteiger partial charge in [-0.15, -0.1) is 0 Å². The number of para-hydroxylation sites is 2. The van der Waals surface area contributed by atoms with Gasteiger partial charge in [0.15, 0.2) is 0 Å². The molecule has 72 valence electrons. The summed E-state index contributed by atoms with van der Waals surface area (Å²) < 4.78 is 4.67. The number of anilines is 1. The van der Waals surface area contributed by atoms with Gasteiger partial charge >= 0.3 is 6.09 Å². The van der Waals surface area contributed by atoms with Crippen LogP contribution in [0.25, 0.3) is 0 Å². The Kier molecular flexibility index (Phi) is 2.18. The van der Waals surface area contributed by atoms with E-state index in [1.807, 2.05) is 24.3 Å². The van der Waals surface area contributed by atoms with Crippen molar-refractivity contribution >= 4 is 23.7 Å². The normalized spacial score (nSPS) is 13.6. The molecule has 1 heterocycles. The van der Waals surface area contributed by atoms with E-state index in [1.165, 1.54) is 7.11 Å². The Bertz CT molecular complexity index is 387. The van der Waals surface area contributed by atoms with Crippen LogP contribution >= 0.6 is 0 Å². The van der Waals surface area contributed by atoms with Crippen LogP contribution in [0.4, 0.5) is 16.2 Å². The van der Waals surface area contributed by atoms with Crippen LogP contribution in [0.2, 0.25) is 0 Å². The molecule has 1 aliphatic heterocycles. The molecule has 0 aromatic heterocycles. The molecule has 0 spiro atoms.